The first-order valence-corrected chi connectivity index (χ1v) is 6.68. The van der Waals surface area contributed by atoms with Crippen LogP contribution in [0, 0.1) is 5.92 Å². The molecular formula is C13H20N4. The SMILES string of the molecule is c1cnnc(N2CCCC(CNC3CC3)C2)c1. The van der Waals surface area contributed by atoms with Gasteiger partial charge in [-0.1, -0.05) is 0 Å². The maximum absolute atomic E-state index is 4.20. The van der Waals surface area contributed by atoms with Crippen molar-refractivity contribution in [1.82, 2.24) is 15.5 Å². The lowest BCUT2D eigenvalue weighted by atomic mass is 9.98. The fourth-order valence-electron chi connectivity index (χ4n) is 2.52. The quantitative estimate of drug-likeness (QED) is 0.853. The maximum atomic E-state index is 4.20. The molecule has 0 bridgehead atoms. The molecule has 1 aliphatic heterocycles. The molecule has 1 saturated carbocycles. The summed E-state index contributed by atoms with van der Waals surface area (Å²) in [6.07, 6.45) is 7.10. The highest BCUT2D eigenvalue weighted by Gasteiger charge is 2.25. The zero-order valence-electron chi connectivity index (χ0n) is 10.2. The molecule has 2 aliphatic rings. The summed E-state index contributed by atoms with van der Waals surface area (Å²) in [5.74, 6) is 1.80. The second-order valence-electron chi connectivity index (χ2n) is 5.22. The number of hydrogen-bond donors (Lipinski definition) is 1. The van der Waals surface area contributed by atoms with Crippen LogP contribution in [0.1, 0.15) is 25.7 Å². The van der Waals surface area contributed by atoms with Gasteiger partial charge in [0.15, 0.2) is 5.82 Å². The maximum Gasteiger partial charge on any atom is 0.151 e. The van der Waals surface area contributed by atoms with Crippen LogP contribution in [0.25, 0.3) is 0 Å². The van der Waals surface area contributed by atoms with Gasteiger partial charge in [0.2, 0.25) is 0 Å². The normalized spacial score (nSPS) is 24.9. The molecule has 1 aromatic rings. The van der Waals surface area contributed by atoms with E-state index in [4.69, 9.17) is 0 Å². The Morgan fingerprint density at radius 2 is 2.29 bits per heavy atom. The molecule has 1 N–H and O–H groups in total. The summed E-state index contributed by atoms with van der Waals surface area (Å²) in [5, 5.41) is 11.8. The molecule has 1 atom stereocenters. The van der Waals surface area contributed by atoms with Crippen molar-refractivity contribution in [2.45, 2.75) is 31.7 Å². The molecule has 2 fully saturated rings. The van der Waals surface area contributed by atoms with Crippen LogP contribution in [0.2, 0.25) is 0 Å². The average molecular weight is 232 g/mol. The van der Waals surface area contributed by atoms with Crippen LogP contribution in [-0.4, -0.2) is 35.9 Å². The van der Waals surface area contributed by atoms with Crippen LogP contribution in [0.5, 0.6) is 0 Å². The lowest BCUT2D eigenvalue weighted by Crippen LogP contribution is -2.40. The molecule has 2 heterocycles. The van der Waals surface area contributed by atoms with Gasteiger partial charge in [-0.15, -0.1) is 5.10 Å². The second-order valence-corrected chi connectivity index (χ2v) is 5.22. The highest BCUT2D eigenvalue weighted by atomic mass is 15.3. The Hall–Kier alpha value is -1.16. The summed E-state index contributed by atoms with van der Waals surface area (Å²) >= 11 is 0. The first-order valence-electron chi connectivity index (χ1n) is 6.68. The van der Waals surface area contributed by atoms with Gasteiger partial charge in [-0.05, 0) is 50.3 Å². The highest BCUT2D eigenvalue weighted by Crippen LogP contribution is 2.23. The number of nitrogens with one attached hydrogen (secondary N) is 1. The van der Waals surface area contributed by atoms with Gasteiger partial charge >= 0.3 is 0 Å². The summed E-state index contributed by atoms with van der Waals surface area (Å²) in [4.78, 5) is 2.37. The predicted octanol–water partition coefficient (Wildman–Crippen LogP) is 1.44. The first kappa shape index (κ1) is 11.0. The molecule has 4 heteroatoms. The second kappa shape index (κ2) is 5.00. The highest BCUT2D eigenvalue weighted by molar-refractivity contribution is 5.36. The molecule has 1 aliphatic carbocycles. The zero-order chi connectivity index (χ0) is 11.5. The van der Waals surface area contributed by atoms with Crippen molar-refractivity contribution in [2.24, 2.45) is 5.92 Å². The lowest BCUT2D eigenvalue weighted by molar-refractivity contribution is 0.389. The Morgan fingerprint density at radius 3 is 3.06 bits per heavy atom. The summed E-state index contributed by atoms with van der Waals surface area (Å²) in [6.45, 7) is 3.42. The van der Waals surface area contributed by atoms with Crippen molar-refractivity contribution in [3.8, 4) is 0 Å². The molecule has 0 radical (unpaired) electrons. The standard InChI is InChI=1S/C13H20N4/c1-4-13(16-15-7-1)17-8-2-3-11(10-17)9-14-12-5-6-12/h1,4,7,11-12,14H,2-3,5-6,8-10H2. The van der Waals surface area contributed by atoms with Crippen molar-refractivity contribution in [3.63, 3.8) is 0 Å². The van der Waals surface area contributed by atoms with Crippen molar-refractivity contribution in [3.05, 3.63) is 18.3 Å². The van der Waals surface area contributed by atoms with Gasteiger partial charge in [0, 0.05) is 25.3 Å². The van der Waals surface area contributed by atoms with E-state index in [0.29, 0.717) is 0 Å². The third-order valence-corrected chi connectivity index (χ3v) is 3.67. The number of hydrogen-bond acceptors (Lipinski definition) is 4. The summed E-state index contributed by atoms with van der Waals surface area (Å²) in [6, 6.07) is 4.85. The monoisotopic (exact) mass is 232 g/mol. The van der Waals surface area contributed by atoms with Crippen LogP contribution >= 0.6 is 0 Å². The van der Waals surface area contributed by atoms with Gasteiger partial charge in [0.05, 0.1) is 0 Å². The molecule has 1 aromatic heterocycles. The largest absolute Gasteiger partial charge is 0.355 e. The molecule has 4 nitrogen and oxygen atoms in total. The van der Waals surface area contributed by atoms with Crippen LogP contribution in [0.3, 0.4) is 0 Å². The number of rotatable bonds is 4. The van der Waals surface area contributed by atoms with Crippen molar-refractivity contribution in [2.75, 3.05) is 24.5 Å². The van der Waals surface area contributed by atoms with E-state index >= 15 is 0 Å². The predicted molar refractivity (Wildman–Crippen MR) is 68.0 cm³/mol. The molecule has 1 unspecified atom stereocenters. The molecule has 92 valence electrons. The topological polar surface area (TPSA) is 41.1 Å². The van der Waals surface area contributed by atoms with Gasteiger partial charge in [0.1, 0.15) is 0 Å². The first-order chi connectivity index (χ1) is 8.42. The molecule has 0 spiro atoms. The van der Waals surface area contributed by atoms with E-state index in [-0.39, 0.29) is 0 Å². The molecule has 0 aromatic carbocycles. The molecule has 1 saturated heterocycles. The van der Waals surface area contributed by atoms with Gasteiger partial charge in [0.25, 0.3) is 0 Å². The Morgan fingerprint density at radius 1 is 1.35 bits per heavy atom. The summed E-state index contributed by atoms with van der Waals surface area (Å²) in [7, 11) is 0. The van der Waals surface area contributed by atoms with Gasteiger partial charge in [-0.25, -0.2) is 0 Å². The zero-order valence-corrected chi connectivity index (χ0v) is 10.2. The van der Waals surface area contributed by atoms with E-state index in [1.807, 2.05) is 6.07 Å². The van der Waals surface area contributed by atoms with Crippen LogP contribution < -0.4 is 10.2 Å². The summed E-state index contributed by atoms with van der Waals surface area (Å²) < 4.78 is 0. The van der Waals surface area contributed by atoms with Crippen LogP contribution in [0.4, 0.5) is 5.82 Å². The van der Waals surface area contributed by atoms with E-state index in [2.05, 4.69) is 26.5 Å². The van der Waals surface area contributed by atoms with Crippen LogP contribution in [-0.2, 0) is 0 Å². The molecule has 17 heavy (non-hydrogen) atoms. The third-order valence-electron chi connectivity index (χ3n) is 3.67. The van der Waals surface area contributed by atoms with E-state index in [0.717, 1.165) is 30.9 Å². The summed E-state index contributed by atoms with van der Waals surface area (Å²) in [5.41, 5.74) is 0. The third kappa shape index (κ3) is 2.94. The van der Waals surface area contributed by atoms with E-state index in [1.54, 1.807) is 6.20 Å². The van der Waals surface area contributed by atoms with E-state index in [1.165, 1.54) is 32.2 Å². The number of piperidine rings is 1. The Kier molecular flexibility index (Phi) is 3.22. The van der Waals surface area contributed by atoms with Gasteiger partial charge in [-0.3, -0.25) is 0 Å². The van der Waals surface area contributed by atoms with Gasteiger partial charge in [-0.2, -0.15) is 5.10 Å². The fourth-order valence-corrected chi connectivity index (χ4v) is 2.52. The number of anilines is 1. The minimum absolute atomic E-state index is 0.770. The van der Waals surface area contributed by atoms with Crippen LogP contribution in [0.15, 0.2) is 18.3 Å². The van der Waals surface area contributed by atoms with Crippen molar-refractivity contribution >= 4 is 5.82 Å². The number of nitrogens with zero attached hydrogens (tertiary/aromatic N) is 3. The minimum atomic E-state index is 0.770. The molecule has 0 amide bonds. The Balaban J connectivity index is 1.55. The van der Waals surface area contributed by atoms with E-state index < -0.39 is 0 Å². The Labute approximate surface area is 102 Å². The smallest absolute Gasteiger partial charge is 0.151 e. The van der Waals surface area contributed by atoms with Crippen molar-refractivity contribution in [1.29, 1.82) is 0 Å². The molecular weight excluding hydrogens is 212 g/mol. The fraction of sp³-hybridized carbons (Fsp3) is 0.692. The Bertz CT molecular complexity index is 350. The average Bonchev–Trinajstić information content (AvgIpc) is 3.22. The number of aromatic nitrogens is 2. The molecule has 3 rings (SSSR count). The van der Waals surface area contributed by atoms with Gasteiger partial charge < -0.3 is 10.2 Å². The van der Waals surface area contributed by atoms with E-state index in [9.17, 15) is 0 Å². The lowest BCUT2D eigenvalue weighted by Gasteiger charge is -2.33. The minimum Gasteiger partial charge on any atom is -0.355 e. The van der Waals surface area contributed by atoms with Crippen molar-refractivity contribution < 1.29 is 0 Å².